The molecule has 1 atom stereocenters. The van der Waals surface area contributed by atoms with Crippen LogP contribution in [0, 0.1) is 0 Å². The Bertz CT molecular complexity index is 532. The van der Waals surface area contributed by atoms with Crippen molar-refractivity contribution in [3.63, 3.8) is 0 Å². The fraction of sp³-hybridized carbons (Fsp3) is 0.850. The lowest BCUT2D eigenvalue weighted by Crippen LogP contribution is -2.45. The molecule has 0 bridgehead atoms. The summed E-state index contributed by atoms with van der Waals surface area (Å²) < 4.78 is 15.2. The highest BCUT2D eigenvalue weighted by molar-refractivity contribution is 5.81. The predicted octanol–water partition coefficient (Wildman–Crippen LogP) is 2.93. The topological polar surface area (TPSA) is 103 Å². The smallest absolute Gasteiger partial charge is 0.408 e. The lowest BCUT2D eigenvalue weighted by atomic mass is 9.95. The van der Waals surface area contributed by atoms with E-state index in [9.17, 15) is 14.4 Å². The maximum absolute atomic E-state index is 11.9. The van der Waals surface area contributed by atoms with E-state index >= 15 is 0 Å². The molecule has 1 amide bonds. The van der Waals surface area contributed by atoms with Crippen LogP contribution < -0.4 is 10.6 Å². The van der Waals surface area contributed by atoms with Gasteiger partial charge in [-0.15, -0.1) is 0 Å². The van der Waals surface area contributed by atoms with Gasteiger partial charge in [0.2, 0.25) is 0 Å². The summed E-state index contributed by atoms with van der Waals surface area (Å²) in [6, 6.07) is -0.790. The Morgan fingerprint density at radius 2 is 1.43 bits per heavy atom. The average molecular weight is 403 g/mol. The van der Waals surface area contributed by atoms with Crippen molar-refractivity contribution >= 4 is 18.0 Å². The number of esters is 2. The van der Waals surface area contributed by atoms with E-state index in [1.165, 1.54) is 7.11 Å². The molecule has 28 heavy (non-hydrogen) atoms. The second-order valence-corrected chi connectivity index (χ2v) is 9.44. The first-order valence-corrected chi connectivity index (χ1v) is 9.59. The van der Waals surface area contributed by atoms with Crippen LogP contribution in [0.1, 0.15) is 74.7 Å². The van der Waals surface area contributed by atoms with Crippen molar-refractivity contribution in [2.24, 2.45) is 0 Å². The quantitative estimate of drug-likeness (QED) is 0.451. The van der Waals surface area contributed by atoms with Crippen molar-refractivity contribution in [1.29, 1.82) is 0 Å². The van der Waals surface area contributed by atoms with Gasteiger partial charge in [0.25, 0.3) is 0 Å². The lowest BCUT2D eigenvalue weighted by molar-refractivity contribution is -0.154. The third-order valence-electron chi connectivity index (χ3n) is 3.60. The Morgan fingerprint density at radius 1 is 0.893 bits per heavy atom. The molecule has 0 saturated carbocycles. The van der Waals surface area contributed by atoms with Crippen molar-refractivity contribution in [2.45, 2.75) is 97.4 Å². The van der Waals surface area contributed by atoms with Crippen LogP contribution >= 0.6 is 0 Å². The van der Waals surface area contributed by atoms with Gasteiger partial charge in [-0.3, -0.25) is 4.79 Å². The van der Waals surface area contributed by atoms with Crippen LogP contribution in [0.4, 0.5) is 4.79 Å². The molecule has 0 aliphatic heterocycles. The second kappa shape index (κ2) is 10.6. The maximum atomic E-state index is 11.9. The number of rotatable bonds is 9. The van der Waals surface area contributed by atoms with Gasteiger partial charge < -0.3 is 24.8 Å². The Morgan fingerprint density at radius 3 is 1.89 bits per heavy atom. The highest BCUT2D eigenvalue weighted by Gasteiger charge is 2.26. The summed E-state index contributed by atoms with van der Waals surface area (Å²) in [6.07, 6.45) is 1.04. The number of carbonyl (C=O) groups excluding carboxylic acids is 3. The Balaban J connectivity index is 4.55. The van der Waals surface area contributed by atoms with E-state index in [2.05, 4.69) is 10.6 Å². The summed E-state index contributed by atoms with van der Waals surface area (Å²) in [6.45, 7) is 14.7. The van der Waals surface area contributed by atoms with Crippen LogP contribution in [0.3, 0.4) is 0 Å². The standard InChI is InChI=1S/C20H38N2O6/c1-18(2,3)27-15(23)13-21-20(7,8)12-10-11-14(16(24)26-9)22-17(25)28-19(4,5)6/h14,21H,10-13H2,1-9H3,(H,22,25). The van der Waals surface area contributed by atoms with Gasteiger partial charge in [-0.25, -0.2) is 9.59 Å². The molecule has 0 aliphatic rings. The van der Waals surface area contributed by atoms with E-state index in [-0.39, 0.29) is 18.1 Å². The molecule has 0 radical (unpaired) electrons. The SMILES string of the molecule is COC(=O)C(CCCC(C)(C)NCC(=O)OC(C)(C)C)NC(=O)OC(C)(C)C. The van der Waals surface area contributed by atoms with Crippen LogP contribution in [0.15, 0.2) is 0 Å². The van der Waals surface area contributed by atoms with E-state index in [1.807, 2.05) is 34.6 Å². The van der Waals surface area contributed by atoms with Crippen LogP contribution in [0.2, 0.25) is 0 Å². The van der Waals surface area contributed by atoms with Crippen LogP contribution in [-0.2, 0) is 23.8 Å². The lowest BCUT2D eigenvalue weighted by Gasteiger charge is -2.28. The van der Waals surface area contributed by atoms with E-state index in [4.69, 9.17) is 14.2 Å². The van der Waals surface area contributed by atoms with Crippen molar-refractivity contribution < 1.29 is 28.6 Å². The molecule has 8 nitrogen and oxygen atoms in total. The zero-order valence-corrected chi connectivity index (χ0v) is 18.9. The summed E-state index contributed by atoms with van der Waals surface area (Å²) in [5, 5.41) is 5.72. The molecule has 0 spiro atoms. The summed E-state index contributed by atoms with van der Waals surface area (Å²) in [5.41, 5.74) is -1.52. The number of carbonyl (C=O) groups is 3. The molecule has 0 aromatic carbocycles. The molecule has 0 aromatic heterocycles. The monoisotopic (exact) mass is 402 g/mol. The largest absolute Gasteiger partial charge is 0.467 e. The molecule has 1 unspecified atom stereocenters. The molecule has 0 aromatic rings. The first-order valence-electron chi connectivity index (χ1n) is 9.59. The van der Waals surface area contributed by atoms with Gasteiger partial charge in [0.05, 0.1) is 13.7 Å². The van der Waals surface area contributed by atoms with Gasteiger partial charge >= 0.3 is 18.0 Å². The van der Waals surface area contributed by atoms with Gasteiger partial charge in [-0.05, 0) is 74.7 Å². The van der Waals surface area contributed by atoms with Crippen molar-refractivity contribution in [3.05, 3.63) is 0 Å². The molecular formula is C20H38N2O6. The normalized spacial score (nSPS) is 13.5. The third-order valence-corrected chi connectivity index (χ3v) is 3.60. The van der Waals surface area contributed by atoms with E-state index in [0.29, 0.717) is 19.3 Å². The molecule has 164 valence electrons. The van der Waals surface area contributed by atoms with E-state index < -0.39 is 29.3 Å². The number of hydrogen-bond donors (Lipinski definition) is 2. The van der Waals surface area contributed by atoms with E-state index in [1.54, 1.807) is 20.8 Å². The summed E-state index contributed by atoms with van der Waals surface area (Å²) in [5.74, 6) is -0.843. The Hall–Kier alpha value is -1.83. The zero-order chi connectivity index (χ0) is 22.2. The fourth-order valence-electron chi connectivity index (χ4n) is 2.37. The fourth-order valence-corrected chi connectivity index (χ4v) is 2.37. The van der Waals surface area contributed by atoms with Gasteiger partial charge in [-0.2, -0.15) is 0 Å². The molecule has 0 aliphatic carbocycles. The van der Waals surface area contributed by atoms with Gasteiger partial charge in [0.15, 0.2) is 0 Å². The molecule has 8 heteroatoms. The van der Waals surface area contributed by atoms with Crippen molar-refractivity contribution in [2.75, 3.05) is 13.7 Å². The van der Waals surface area contributed by atoms with Crippen molar-refractivity contribution in [3.8, 4) is 0 Å². The predicted molar refractivity (Wildman–Crippen MR) is 107 cm³/mol. The average Bonchev–Trinajstić information content (AvgIpc) is 2.47. The number of nitrogens with one attached hydrogen (secondary N) is 2. The molecule has 0 rings (SSSR count). The summed E-state index contributed by atoms with van der Waals surface area (Å²) >= 11 is 0. The third kappa shape index (κ3) is 13.4. The molecule has 0 heterocycles. The first kappa shape index (κ1) is 26.2. The number of ether oxygens (including phenoxy) is 3. The minimum Gasteiger partial charge on any atom is -0.467 e. The first-order chi connectivity index (χ1) is 12.5. The van der Waals surface area contributed by atoms with Crippen LogP contribution in [0.25, 0.3) is 0 Å². The highest BCUT2D eigenvalue weighted by Crippen LogP contribution is 2.16. The molecule has 2 N–H and O–H groups in total. The Labute approximate surface area is 169 Å². The Kier molecular flexibility index (Phi) is 9.95. The number of methoxy groups -OCH3 is 1. The number of amides is 1. The molecule has 0 fully saturated rings. The minimum absolute atomic E-state index is 0.0981. The number of hydrogen-bond acceptors (Lipinski definition) is 7. The summed E-state index contributed by atoms with van der Waals surface area (Å²) in [7, 11) is 1.28. The highest BCUT2D eigenvalue weighted by atomic mass is 16.6. The maximum Gasteiger partial charge on any atom is 0.408 e. The van der Waals surface area contributed by atoms with Crippen molar-refractivity contribution in [1.82, 2.24) is 10.6 Å². The van der Waals surface area contributed by atoms with E-state index in [0.717, 1.165) is 0 Å². The molecular weight excluding hydrogens is 364 g/mol. The van der Waals surface area contributed by atoms with Gasteiger partial charge in [-0.1, -0.05) is 0 Å². The van der Waals surface area contributed by atoms with Gasteiger partial charge in [0.1, 0.15) is 17.2 Å². The number of alkyl carbamates (subject to hydrolysis) is 1. The second-order valence-electron chi connectivity index (χ2n) is 9.44. The summed E-state index contributed by atoms with van der Waals surface area (Å²) in [4.78, 5) is 35.7. The van der Waals surface area contributed by atoms with Crippen LogP contribution in [0.5, 0.6) is 0 Å². The molecule has 0 saturated heterocycles. The minimum atomic E-state index is -0.790. The van der Waals surface area contributed by atoms with Crippen LogP contribution in [-0.4, -0.2) is 54.5 Å². The van der Waals surface area contributed by atoms with Gasteiger partial charge in [0, 0.05) is 5.54 Å². The zero-order valence-electron chi connectivity index (χ0n) is 18.9.